The normalized spacial score (nSPS) is 13.5. The molecule has 1 radical (unpaired) electrons. The van der Waals surface area contributed by atoms with Gasteiger partial charge in [-0.05, 0) is 19.9 Å². The molecule has 0 aliphatic heterocycles. The second-order valence-corrected chi connectivity index (χ2v) is 2.17. The maximum atomic E-state index is 6.85. The first-order valence-electron chi connectivity index (χ1n) is 3.80. The van der Waals surface area contributed by atoms with Crippen molar-refractivity contribution in [3.05, 3.63) is 0 Å². The Hall–Kier alpha value is -0.120. The Morgan fingerprint density at radius 3 is 2.80 bits per heavy atom. The lowest BCUT2D eigenvalue weighted by molar-refractivity contribution is 0.0434. The van der Waals surface area contributed by atoms with E-state index in [1.165, 1.54) is 0 Å². The molecule has 1 atom stereocenters. The van der Waals surface area contributed by atoms with Crippen molar-refractivity contribution in [3.8, 4) is 0 Å². The van der Waals surface area contributed by atoms with E-state index < -0.39 is 0 Å². The molecule has 3 nitrogen and oxygen atoms in total. The average molecular weight is 145 g/mol. The molecule has 0 fully saturated rings. The van der Waals surface area contributed by atoms with Gasteiger partial charge in [0.15, 0.2) is 0 Å². The van der Waals surface area contributed by atoms with Crippen LogP contribution in [-0.4, -0.2) is 25.9 Å². The Balaban J connectivity index is 2.97. The van der Waals surface area contributed by atoms with Crippen LogP contribution >= 0.6 is 0 Å². The maximum Gasteiger partial charge on any atom is 0.105 e. The molecule has 0 aromatic rings. The Kier molecular flexibility index (Phi) is 6.91. The molecule has 0 heterocycles. The smallest absolute Gasteiger partial charge is 0.105 e. The van der Waals surface area contributed by atoms with Crippen LogP contribution < -0.4 is 11.1 Å². The lowest BCUT2D eigenvalue weighted by Crippen LogP contribution is -2.28. The van der Waals surface area contributed by atoms with Crippen molar-refractivity contribution in [2.45, 2.75) is 26.5 Å². The van der Waals surface area contributed by atoms with Crippen molar-refractivity contribution in [1.82, 2.24) is 11.1 Å². The second-order valence-electron chi connectivity index (χ2n) is 2.17. The van der Waals surface area contributed by atoms with Crippen LogP contribution in [0.1, 0.15) is 20.3 Å². The molecule has 0 spiro atoms. The third-order valence-corrected chi connectivity index (χ3v) is 1.18. The molecule has 3 heteroatoms. The molecule has 0 aliphatic carbocycles. The molecule has 1 unspecified atom stereocenters. The third-order valence-electron chi connectivity index (χ3n) is 1.18. The topological polar surface area (TPSA) is 45.1 Å². The zero-order valence-electron chi connectivity index (χ0n) is 6.81. The highest BCUT2D eigenvalue weighted by Gasteiger charge is 1.96. The van der Waals surface area contributed by atoms with Gasteiger partial charge in [-0.1, -0.05) is 6.92 Å². The highest BCUT2D eigenvalue weighted by atomic mass is 16.5. The van der Waals surface area contributed by atoms with Crippen molar-refractivity contribution in [2.24, 2.45) is 0 Å². The molecule has 0 aromatic heterocycles. The van der Waals surface area contributed by atoms with Gasteiger partial charge in [0.25, 0.3) is 0 Å². The molecule has 0 saturated heterocycles. The van der Waals surface area contributed by atoms with Crippen LogP contribution in [0.2, 0.25) is 0 Å². The Morgan fingerprint density at radius 1 is 1.60 bits per heavy atom. The van der Waals surface area contributed by atoms with E-state index >= 15 is 0 Å². The van der Waals surface area contributed by atoms with Crippen molar-refractivity contribution >= 4 is 0 Å². The number of hydrogen-bond acceptors (Lipinski definition) is 2. The van der Waals surface area contributed by atoms with E-state index in [2.05, 4.69) is 5.32 Å². The molecule has 0 saturated carbocycles. The molecule has 0 aromatic carbocycles. The predicted octanol–water partition coefficient (Wildman–Crippen LogP) is 0.632. The number of nitrogens with one attached hydrogen (secondary N) is 2. The van der Waals surface area contributed by atoms with Crippen LogP contribution in [-0.2, 0) is 4.74 Å². The molecule has 61 valence electrons. The second kappa shape index (κ2) is 6.99. The fourth-order valence-corrected chi connectivity index (χ4v) is 0.679. The minimum atomic E-state index is 0.136. The highest BCUT2D eigenvalue weighted by Crippen LogP contribution is 1.86. The van der Waals surface area contributed by atoms with Crippen LogP contribution in [0.4, 0.5) is 0 Å². The first-order valence-corrected chi connectivity index (χ1v) is 3.80. The fourth-order valence-electron chi connectivity index (χ4n) is 0.679. The fraction of sp³-hybridized carbons (Fsp3) is 1.00. The van der Waals surface area contributed by atoms with E-state index in [9.17, 15) is 0 Å². The first kappa shape index (κ1) is 9.88. The molecular weight excluding hydrogens is 128 g/mol. The third kappa shape index (κ3) is 6.01. The van der Waals surface area contributed by atoms with Crippen LogP contribution in [0.25, 0.3) is 0 Å². The zero-order valence-corrected chi connectivity index (χ0v) is 6.81. The van der Waals surface area contributed by atoms with Gasteiger partial charge in [0.1, 0.15) is 6.23 Å². The van der Waals surface area contributed by atoms with Crippen LogP contribution in [0, 0.1) is 0 Å². The maximum absolute atomic E-state index is 6.85. The highest BCUT2D eigenvalue weighted by molar-refractivity contribution is 4.44. The van der Waals surface area contributed by atoms with E-state index in [-0.39, 0.29) is 6.23 Å². The summed E-state index contributed by atoms with van der Waals surface area (Å²) in [6.07, 6.45) is 0.965. The summed E-state index contributed by atoms with van der Waals surface area (Å²) in [5.41, 5.74) is 6.85. The Bertz CT molecular complexity index is 68.6. The van der Waals surface area contributed by atoms with E-state index in [0.717, 1.165) is 13.0 Å². The van der Waals surface area contributed by atoms with Gasteiger partial charge in [-0.2, -0.15) is 0 Å². The average Bonchev–Trinajstić information content (AvgIpc) is 1.89. The monoisotopic (exact) mass is 145 g/mol. The number of ether oxygens (including phenoxy) is 1. The summed E-state index contributed by atoms with van der Waals surface area (Å²) in [6.45, 7) is 6.11. The summed E-state index contributed by atoms with van der Waals surface area (Å²) in [5.74, 6) is 0. The minimum Gasteiger partial charge on any atom is -0.364 e. The van der Waals surface area contributed by atoms with E-state index in [1.54, 1.807) is 0 Å². The molecule has 10 heavy (non-hydrogen) atoms. The first-order chi connectivity index (χ1) is 4.81. The standard InChI is InChI=1S/C7H17N2O/c1-3-9-7(2)10-6-4-5-8/h7-9H,3-6H2,1-2H3. The largest absolute Gasteiger partial charge is 0.364 e. The van der Waals surface area contributed by atoms with Crippen molar-refractivity contribution in [3.63, 3.8) is 0 Å². The number of hydrogen-bond donors (Lipinski definition) is 1. The summed E-state index contributed by atoms with van der Waals surface area (Å²) in [4.78, 5) is 0. The molecule has 0 rings (SSSR count). The van der Waals surface area contributed by atoms with E-state index in [1.807, 2.05) is 13.8 Å². The van der Waals surface area contributed by atoms with Crippen molar-refractivity contribution < 1.29 is 4.74 Å². The van der Waals surface area contributed by atoms with Gasteiger partial charge < -0.3 is 4.74 Å². The predicted molar refractivity (Wildman–Crippen MR) is 41.7 cm³/mol. The Labute approximate surface area is 62.9 Å². The SMILES string of the molecule is CCNC(C)OCCC[NH]. The zero-order chi connectivity index (χ0) is 7.82. The summed E-state index contributed by atoms with van der Waals surface area (Å²) in [5, 5.41) is 3.12. The lowest BCUT2D eigenvalue weighted by Gasteiger charge is -2.12. The van der Waals surface area contributed by atoms with Gasteiger partial charge in [0, 0.05) is 13.2 Å². The minimum absolute atomic E-state index is 0.136. The van der Waals surface area contributed by atoms with Gasteiger partial charge in [-0.25, -0.2) is 0 Å². The molecule has 0 aliphatic rings. The molecule has 2 N–H and O–H groups in total. The molecule has 0 amide bonds. The van der Waals surface area contributed by atoms with Gasteiger partial charge in [0.05, 0.1) is 0 Å². The van der Waals surface area contributed by atoms with Crippen molar-refractivity contribution in [1.29, 1.82) is 0 Å². The van der Waals surface area contributed by atoms with Gasteiger partial charge in [0.2, 0.25) is 0 Å². The van der Waals surface area contributed by atoms with Gasteiger partial charge in [-0.3, -0.25) is 11.1 Å². The summed E-state index contributed by atoms with van der Waals surface area (Å²) < 4.78 is 5.29. The van der Waals surface area contributed by atoms with Crippen LogP contribution in [0.5, 0.6) is 0 Å². The lowest BCUT2D eigenvalue weighted by atomic mass is 10.5. The van der Waals surface area contributed by atoms with Gasteiger partial charge >= 0.3 is 0 Å². The quantitative estimate of drug-likeness (QED) is 0.440. The number of rotatable bonds is 6. The van der Waals surface area contributed by atoms with E-state index in [4.69, 9.17) is 10.5 Å². The van der Waals surface area contributed by atoms with E-state index in [0.29, 0.717) is 13.2 Å². The van der Waals surface area contributed by atoms with Crippen LogP contribution in [0.15, 0.2) is 0 Å². The van der Waals surface area contributed by atoms with Gasteiger partial charge in [-0.15, -0.1) is 0 Å². The summed E-state index contributed by atoms with van der Waals surface area (Å²) in [6, 6.07) is 0. The molecule has 0 bridgehead atoms. The van der Waals surface area contributed by atoms with Crippen molar-refractivity contribution in [2.75, 3.05) is 19.7 Å². The summed E-state index contributed by atoms with van der Waals surface area (Å²) >= 11 is 0. The molecular formula is C7H17N2O. The summed E-state index contributed by atoms with van der Waals surface area (Å²) in [7, 11) is 0. The van der Waals surface area contributed by atoms with Crippen LogP contribution in [0.3, 0.4) is 0 Å². The Morgan fingerprint density at radius 2 is 2.30 bits per heavy atom.